The van der Waals surface area contributed by atoms with Crippen LogP contribution in [0.25, 0.3) is 0 Å². The van der Waals surface area contributed by atoms with Crippen molar-refractivity contribution in [1.82, 2.24) is 15.3 Å². The molecule has 7 heteroatoms. The minimum absolute atomic E-state index is 0.0792. The predicted octanol–water partition coefficient (Wildman–Crippen LogP) is 0.541. The molecule has 3 N–H and O–H groups in total. The van der Waals surface area contributed by atoms with Crippen LogP contribution in [0, 0.1) is 0 Å². The van der Waals surface area contributed by atoms with Crippen LogP contribution in [0.2, 0.25) is 0 Å². The Kier molecular flexibility index (Phi) is 3.68. The van der Waals surface area contributed by atoms with Gasteiger partial charge >= 0.3 is 0 Å². The average Bonchev–Trinajstić information content (AvgIpc) is 2.74. The van der Waals surface area contributed by atoms with Gasteiger partial charge in [-0.05, 0) is 6.26 Å². The van der Waals surface area contributed by atoms with Crippen LogP contribution in [-0.2, 0) is 4.79 Å². The lowest BCUT2D eigenvalue weighted by Crippen LogP contribution is -2.23. The summed E-state index contributed by atoms with van der Waals surface area (Å²) in [5.41, 5.74) is 0. The lowest BCUT2D eigenvalue weighted by molar-refractivity contribution is -0.119. The van der Waals surface area contributed by atoms with Crippen LogP contribution < -0.4 is 16.0 Å². The van der Waals surface area contributed by atoms with Gasteiger partial charge in [0.05, 0.1) is 6.04 Å². The minimum atomic E-state index is 0.0792. The number of anilines is 2. The molecule has 17 heavy (non-hydrogen) atoms. The molecule has 0 bridgehead atoms. The monoisotopic (exact) mass is 253 g/mol. The number of nitrogens with zero attached hydrogens (tertiary/aromatic N) is 2. The van der Waals surface area contributed by atoms with Crippen LogP contribution in [0.5, 0.6) is 0 Å². The molecule has 1 saturated heterocycles. The Morgan fingerprint density at radius 2 is 2.24 bits per heavy atom. The van der Waals surface area contributed by atoms with E-state index >= 15 is 0 Å². The normalized spacial score (nSPS) is 18.9. The zero-order valence-corrected chi connectivity index (χ0v) is 10.6. The van der Waals surface area contributed by atoms with Crippen LogP contribution >= 0.6 is 11.8 Å². The van der Waals surface area contributed by atoms with Gasteiger partial charge in [0.2, 0.25) is 5.91 Å². The average molecular weight is 253 g/mol. The van der Waals surface area contributed by atoms with E-state index in [1.807, 2.05) is 19.4 Å². The van der Waals surface area contributed by atoms with Gasteiger partial charge in [-0.25, -0.2) is 9.97 Å². The predicted molar refractivity (Wildman–Crippen MR) is 68.4 cm³/mol. The summed E-state index contributed by atoms with van der Waals surface area (Å²) in [6, 6.07) is 1.94. The fourth-order valence-electron chi connectivity index (χ4n) is 1.63. The first-order valence-corrected chi connectivity index (χ1v) is 6.58. The molecule has 1 amide bonds. The number of hydrogen-bond donors (Lipinski definition) is 3. The summed E-state index contributed by atoms with van der Waals surface area (Å²) in [5.74, 6) is 1.59. The highest BCUT2D eigenvalue weighted by atomic mass is 32.2. The van der Waals surface area contributed by atoms with E-state index < -0.39 is 0 Å². The Labute approximate surface area is 104 Å². The first kappa shape index (κ1) is 12.0. The second-order valence-electron chi connectivity index (χ2n) is 3.72. The molecule has 0 saturated carbocycles. The summed E-state index contributed by atoms with van der Waals surface area (Å²) in [5, 5.41) is 9.71. The summed E-state index contributed by atoms with van der Waals surface area (Å²) in [7, 11) is 1.82. The summed E-state index contributed by atoms with van der Waals surface area (Å²) >= 11 is 1.49. The number of carbonyl (C=O) groups excluding carboxylic acids is 1. The standard InChI is InChI=1S/C10H15N5OS/c1-11-7-4-8(15-10(14-7)17-2)13-6-3-9(16)12-5-6/h4,6H,3,5H2,1-2H3,(H,12,16)(H2,11,13,14,15). The van der Waals surface area contributed by atoms with Gasteiger partial charge in [-0.2, -0.15) is 0 Å². The summed E-state index contributed by atoms with van der Waals surface area (Å²) in [6.07, 6.45) is 2.42. The molecule has 0 aliphatic carbocycles. The zero-order valence-electron chi connectivity index (χ0n) is 9.78. The first-order chi connectivity index (χ1) is 8.21. The van der Waals surface area contributed by atoms with E-state index in [0.717, 1.165) is 11.6 Å². The Morgan fingerprint density at radius 1 is 1.47 bits per heavy atom. The van der Waals surface area contributed by atoms with Gasteiger partial charge in [0.15, 0.2) is 5.16 Å². The fourth-order valence-corrected chi connectivity index (χ4v) is 2.01. The molecule has 1 unspecified atom stereocenters. The molecule has 92 valence electrons. The van der Waals surface area contributed by atoms with E-state index in [4.69, 9.17) is 0 Å². The fraction of sp³-hybridized carbons (Fsp3) is 0.500. The smallest absolute Gasteiger partial charge is 0.222 e. The van der Waals surface area contributed by atoms with Crippen LogP contribution in [0.4, 0.5) is 11.6 Å². The third-order valence-electron chi connectivity index (χ3n) is 2.47. The lowest BCUT2D eigenvalue weighted by atomic mass is 10.2. The third-order valence-corrected chi connectivity index (χ3v) is 3.02. The molecule has 1 aliphatic heterocycles. The van der Waals surface area contributed by atoms with Gasteiger partial charge in [0.25, 0.3) is 0 Å². The van der Waals surface area contributed by atoms with E-state index in [1.54, 1.807) is 0 Å². The molecule has 6 nitrogen and oxygen atoms in total. The van der Waals surface area contributed by atoms with Crippen molar-refractivity contribution in [3.05, 3.63) is 6.07 Å². The Balaban J connectivity index is 2.11. The number of hydrogen-bond acceptors (Lipinski definition) is 6. The maximum atomic E-state index is 11.1. The molecule has 0 radical (unpaired) electrons. The number of nitrogens with one attached hydrogen (secondary N) is 3. The van der Waals surface area contributed by atoms with Crippen molar-refractivity contribution < 1.29 is 4.79 Å². The summed E-state index contributed by atoms with van der Waals surface area (Å²) in [4.78, 5) is 19.7. The Hall–Kier alpha value is -1.50. The molecule has 1 aromatic rings. The van der Waals surface area contributed by atoms with E-state index in [1.165, 1.54) is 11.8 Å². The van der Waals surface area contributed by atoms with Crippen molar-refractivity contribution in [2.24, 2.45) is 0 Å². The van der Waals surface area contributed by atoms with E-state index in [2.05, 4.69) is 25.9 Å². The van der Waals surface area contributed by atoms with E-state index in [-0.39, 0.29) is 11.9 Å². The van der Waals surface area contributed by atoms with Gasteiger partial charge in [-0.1, -0.05) is 11.8 Å². The Bertz CT molecular complexity index is 403. The van der Waals surface area contributed by atoms with Crippen LogP contribution in [-0.4, -0.2) is 41.8 Å². The maximum Gasteiger partial charge on any atom is 0.222 e. The summed E-state index contributed by atoms with van der Waals surface area (Å²) < 4.78 is 0. The van der Waals surface area contributed by atoms with Gasteiger partial charge in [-0.15, -0.1) is 0 Å². The van der Waals surface area contributed by atoms with Crippen LogP contribution in [0.1, 0.15) is 6.42 Å². The largest absolute Gasteiger partial charge is 0.373 e. The molecule has 2 rings (SSSR count). The number of aromatic nitrogens is 2. The summed E-state index contributed by atoms with van der Waals surface area (Å²) in [6.45, 7) is 0.645. The number of carbonyl (C=O) groups is 1. The van der Waals surface area contributed by atoms with E-state index in [0.29, 0.717) is 18.1 Å². The zero-order chi connectivity index (χ0) is 12.3. The van der Waals surface area contributed by atoms with Crippen molar-refractivity contribution in [3.8, 4) is 0 Å². The second-order valence-corrected chi connectivity index (χ2v) is 4.50. The first-order valence-electron chi connectivity index (χ1n) is 5.35. The van der Waals surface area contributed by atoms with Gasteiger partial charge < -0.3 is 16.0 Å². The van der Waals surface area contributed by atoms with Crippen molar-refractivity contribution in [3.63, 3.8) is 0 Å². The van der Waals surface area contributed by atoms with Crippen molar-refractivity contribution >= 4 is 29.3 Å². The maximum absolute atomic E-state index is 11.1. The number of rotatable bonds is 4. The SMILES string of the molecule is CNc1cc(NC2CNC(=O)C2)nc(SC)n1. The highest BCUT2D eigenvalue weighted by Crippen LogP contribution is 2.18. The van der Waals surface area contributed by atoms with Gasteiger partial charge in [0.1, 0.15) is 11.6 Å². The molecule has 0 spiro atoms. The van der Waals surface area contributed by atoms with Crippen LogP contribution in [0.15, 0.2) is 11.2 Å². The quantitative estimate of drug-likeness (QED) is 0.537. The lowest BCUT2D eigenvalue weighted by Gasteiger charge is -2.12. The molecule has 1 atom stereocenters. The highest BCUT2D eigenvalue weighted by Gasteiger charge is 2.21. The molecule has 1 aromatic heterocycles. The van der Waals surface area contributed by atoms with Crippen molar-refractivity contribution in [2.75, 3.05) is 30.5 Å². The molecule has 2 heterocycles. The highest BCUT2D eigenvalue weighted by molar-refractivity contribution is 7.98. The van der Waals surface area contributed by atoms with Crippen molar-refractivity contribution in [2.45, 2.75) is 17.6 Å². The topological polar surface area (TPSA) is 78.9 Å². The third kappa shape index (κ3) is 3.00. The Morgan fingerprint density at radius 3 is 2.82 bits per heavy atom. The molecule has 1 aliphatic rings. The number of amides is 1. The molecule has 1 fully saturated rings. The van der Waals surface area contributed by atoms with Gasteiger partial charge in [-0.3, -0.25) is 4.79 Å². The van der Waals surface area contributed by atoms with Gasteiger partial charge in [0, 0.05) is 26.1 Å². The van der Waals surface area contributed by atoms with E-state index in [9.17, 15) is 4.79 Å². The molecular formula is C10H15N5OS. The van der Waals surface area contributed by atoms with Crippen molar-refractivity contribution in [1.29, 1.82) is 0 Å². The number of thioether (sulfide) groups is 1. The molecule has 0 aromatic carbocycles. The molecular weight excluding hydrogens is 238 g/mol. The van der Waals surface area contributed by atoms with Crippen LogP contribution in [0.3, 0.4) is 0 Å². The second kappa shape index (κ2) is 5.22. The minimum Gasteiger partial charge on any atom is -0.373 e.